The number of aromatic hydroxyl groups is 1. The first-order valence-corrected chi connectivity index (χ1v) is 10.6. The minimum Gasteiger partial charge on any atom is -0.507 e. The van der Waals surface area contributed by atoms with E-state index in [4.69, 9.17) is 16.3 Å². The fraction of sp³-hybridized carbons (Fsp3) is 0.273. The van der Waals surface area contributed by atoms with Gasteiger partial charge in [0.1, 0.15) is 11.5 Å². The van der Waals surface area contributed by atoms with Crippen molar-refractivity contribution in [2.24, 2.45) is 5.92 Å². The second kappa shape index (κ2) is 9.45. The molecule has 3 rings (SSSR count). The van der Waals surface area contributed by atoms with E-state index >= 15 is 0 Å². The Hall–Kier alpha value is -2.64. The van der Waals surface area contributed by atoms with Crippen LogP contribution >= 0.6 is 23.4 Å². The number of phenols is 1. The lowest BCUT2D eigenvalue weighted by Crippen LogP contribution is -2.42. The molecule has 1 saturated heterocycles. The third-order valence-electron chi connectivity index (χ3n) is 4.98. The van der Waals surface area contributed by atoms with E-state index in [9.17, 15) is 19.8 Å². The first kappa shape index (κ1) is 22.1. The molecule has 0 bridgehead atoms. The molecule has 2 aromatic rings. The van der Waals surface area contributed by atoms with Gasteiger partial charge in [0.2, 0.25) is 0 Å². The average Bonchev–Trinajstić information content (AvgIpc) is 2.75. The molecule has 1 unspecified atom stereocenters. The Morgan fingerprint density at radius 1 is 1.27 bits per heavy atom. The number of carbonyl (C=O) groups excluding carboxylic acids is 1. The summed E-state index contributed by atoms with van der Waals surface area (Å²) in [7, 11) is 1.57. The molecule has 0 spiro atoms. The third-order valence-corrected chi connectivity index (χ3v) is 6.40. The Labute approximate surface area is 184 Å². The summed E-state index contributed by atoms with van der Waals surface area (Å²) in [5.41, 5.74) is 0.441. The first-order chi connectivity index (χ1) is 14.3. The van der Waals surface area contributed by atoms with Crippen LogP contribution < -0.4 is 4.74 Å². The topological polar surface area (TPSA) is 87.1 Å². The minimum absolute atomic E-state index is 0.0405. The number of hydrogen-bond acceptors (Lipinski definition) is 5. The molecule has 1 aliphatic heterocycles. The molecule has 0 saturated carbocycles. The lowest BCUT2D eigenvalue weighted by Gasteiger charge is -2.31. The van der Waals surface area contributed by atoms with Crippen LogP contribution in [0.3, 0.4) is 0 Å². The van der Waals surface area contributed by atoms with Crippen molar-refractivity contribution in [3.8, 4) is 11.5 Å². The number of rotatable bonds is 6. The quantitative estimate of drug-likeness (QED) is 0.632. The fourth-order valence-corrected chi connectivity index (χ4v) is 4.67. The number of nitrogens with zero attached hydrogens (tertiary/aromatic N) is 1. The predicted octanol–water partition coefficient (Wildman–Crippen LogP) is 4.54. The van der Waals surface area contributed by atoms with Gasteiger partial charge in [-0.15, -0.1) is 0 Å². The van der Waals surface area contributed by atoms with Gasteiger partial charge in [0.25, 0.3) is 5.91 Å². The number of para-hydroxylation sites is 1. The van der Waals surface area contributed by atoms with Gasteiger partial charge in [-0.1, -0.05) is 42.1 Å². The van der Waals surface area contributed by atoms with E-state index in [0.29, 0.717) is 35.6 Å². The van der Waals surface area contributed by atoms with E-state index in [1.54, 1.807) is 13.2 Å². The maximum Gasteiger partial charge on any atom is 0.308 e. The van der Waals surface area contributed by atoms with Crippen LogP contribution in [-0.2, 0) is 9.59 Å². The van der Waals surface area contributed by atoms with Crippen molar-refractivity contribution in [3.63, 3.8) is 0 Å². The van der Waals surface area contributed by atoms with Gasteiger partial charge in [0.15, 0.2) is 0 Å². The zero-order valence-corrected chi connectivity index (χ0v) is 18.0. The van der Waals surface area contributed by atoms with Crippen LogP contribution in [0.4, 0.5) is 0 Å². The predicted molar refractivity (Wildman–Crippen MR) is 116 cm³/mol. The number of aliphatic carboxylic acids is 1. The summed E-state index contributed by atoms with van der Waals surface area (Å²) in [6.07, 6.45) is 1.16. The van der Waals surface area contributed by atoms with Gasteiger partial charge < -0.3 is 19.8 Å². The van der Waals surface area contributed by atoms with Crippen LogP contribution in [-0.4, -0.2) is 47.2 Å². The van der Waals surface area contributed by atoms with Gasteiger partial charge in [0, 0.05) is 29.2 Å². The van der Waals surface area contributed by atoms with Crippen molar-refractivity contribution < 1.29 is 24.5 Å². The third kappa shape index (κ3) is 4.74. The molecule has 1 aliphatic rings. The molecule has 0 aliphatic carbocycles. The van der Waals surface area contributed by atoms with Crippen molar-refractivity contribution in [2.75, 3.05) is 20.2 Å². The maximum absolute atomic E-state index is 12.9. The van der Waals surface area contributed by atoms with E-state index in [1.807, 2.05) is 24.3 Å². The Bertz CT molecular complexity index is 993. The molecule has 0 aromatic heterocycles. The summed E-state index contributed by atoms with van der Waals surface area (Å²) in [5.74, 6) is -1.25. The molecule has 2 aromatic carbocycles. The van der Waals surface area contributed by atoms with E-state index in [-0.39, 0.29) is 28.8 Å². The van der Waals surface area contributed by atoms with Crippen LogP contribution in [0.2, 0.25) is 5.02 Å². The SMILES string of the molecule is C=C(C(=O)N1CCCC(C(=O)O)C1)c1cc(O)c(Sc2ccccc2OC)cc1Cl. The number of amides is 1. The molecule has 30 heavy (non-hydrogen) atoms. The van der Waals surface area contributed by atoms with E-state index in [1.165, 1.54) is 22.7 Å². The normalized spacial score (nSPS) is 16.2. The molecule has 6 nitrogen and oxygen atoms in total. The number of carbonyl (C=O) groups is 2. The van der Waals surface area contributed by atoms with Gasteiger partial charge in [-0.25, -0.2) is 0 Å². The lowest BCUT2D eigenvalue weighted by atomic mass is 9.97. The minimum atomic E-state index is -0.911. The number of halogens is 1. The number of piperidine rings is 1. The highest BCUT2D eigenvalue weighted by atomic mass is 35.5. The van der Waals surface area contributed by atoms with Gasteiger partial charge in [-0.05, 0) is 37.1 Å². The standard InChI is InChI=1S/C22H22ClNO5S/c1-13(21(26)24-9-5-6-14(12-24)22(27)28)15-10-17(25)20(11-16(15)23)30-19-8-4-3-7-18(19)29-2/h3-4,7-8,10-11,14,25H,1,5-6,9,12H2,2H3,(H,27,28). The fourth-order valence-electron chi connectivity index (χ4n) is 3.35. The molecule has 158 valence electrons. The second-order valence-corrected chi connectivity index (χ2v) is 8.45. The maximum atomic E-state index is 12.9. The smallest absolute Gasteiger partial charge is 0.308 e. The van der Waals surface area contributed by atoms with Crippen LogP contribution in [0.15, 0.2) is 52.8 Å². The second-order valence-electron chi connectivity index (χ2n) is 6.96. The highest BCUT2D eigenvalue weighted by molar-refractivity contribution is 7.99. The van der Waals surface area contributed by atoms with Crippen molar-refractivity contribution >= 4 is 40.8 Å². The van der Waals surface area contributed by atoms with E-state index < -0.39 is 11.9 Å². The summed E-state index contributed by atoms with van der Waals surface area (Å²) >= 11 is 7.71. The number of carboxylic acids is 1. The highest BCUT2D eigenvalue weighted by Gasteiger charge is 2.30. The number of phenolic OH excluding ortho intramolecular Hbond substituents is 1. The Balaban J connectivity index is 1.81. The monoisotopic (exact) mass is 447 g/mol. The Morgan fingerprint density at radius 2 is 2.00 bits per heavy atom. The van der Waals surface area contributed by atoms with Gasteiger partial charge in [-0.3, -0.25) is 9.59 Å². The summed E-state index contributed by atoms with van der Waals surface area (Å²) in [6.45, 7) is 4.45. The van der Waals surface area contributed by atoms with Crippen molar-refractivity contribution in [1.82, 2.24) is 4.90 Å². The summed E-state index contributed by atoms with van der Waals surface area (Å²) in [6, 6.07) is 10.4. The van der Waals surface area contributed by atoms with Crippen molar-refractivity contribution in [2.45, 2.75) is 22.6 Å². The number of hydrogen-bond donors (Lipinski definition) is 2. The average molecular weight is 448 g/mol. The molecule has 8 heteroatoms. The molecule has 1 amide bonds. The van der Waals surface area contributed by atoms with Gasteiger partial charge in [-0.2, -0.15) is 0 Å². The number of likely N-dealkylation sites (tertiary alicyclic amines) is 1. The highest BCUT2D eigenvalue weighted by Crippen LogP contribution is 2.42. The zero-order valence-electron chi connectivity index (χ0n) is 16.4. The summed E-state index contributed by atoms with van der Waals surface area (Å²) < 4.78 is 5.33. The van der Waals surface area contributed by atoms with Crippen LogP contribution in [0.5, 0.6) is 11.5 Å². The largest absolute Gasteiger partial charge is 0.507 e. The Kier molecular flexibility index (Phi) is 6.95. The lowest BCUT2D eigenvalue weighted by molar-refractivity contribution is -0.144. The number of carboxylic acid groups (broad SMARTS) is 1. The molecular weight excluding hydrogens is 426 g/mol. The first-order valence-electron chi connectivity index (χ1n) is 9.36. The molecule has 1 fully saturated rings. The van der Waals surface area contributed by atoms with Gasteiger partial charge in [0.05, 0.1) is 22.8 Å². The summed E-state index contributed by atoms with van der Waals surface area (Å²) in [5, 5.41) is 20.0. The van der Waals surface area contributed by atoms with E-state index in [2.05, 4.69) is 6.58 Å². The molecule has 0 radical (unpaired) electrons. The molecule has 1 atom stereocenters. The number of ether oxygens (including phenoxy) is 1. The molecular formula is C22H22ClNO5S. The molecule has 1 heterocycles. The van der Waals surface area contributed by atoms with Crippen molar-refractivity contribution in [3.05, 3.63) is 53.6 Å². The number of benzene rings is 2. The Morgan fingerprint density at radius 3 is 2.70 bits per heavy atom. The zero-order chi connectivity index (χ0) is 21.8. The molecule has 2 N–H and O–H groups in total. The van der Waals surface area contributed by atoms with Gasteiger partial charge >= 0.3 is 5.97 Å². The van der Waals surface area contributed by atoms with Crippen molar-refractivity contribution in [1.29, 1.82) is 0 Å². The number of methoxy groups -OCH3 is 1. The van der Waals surface area contributed by atoms with Crippen LogP contribution in [0.1, 0.15) is 18.4 Å². The van der Waals surface area contributed by atoms with Crippen LogP contribution in [0.25, 0.3) is 5.57 Å². The van der Waals surface area contributed by atoms with Crippen LogP contribution in [0, 0.1) is 5.92 Å². The summed E-state index contributed by atoms with van der Waals surface area (Å²) in [4.78, 5) is 26.9. The van der Waals surface area contributed by atoms with E-state index in [0.717, 1.165) is 4.90 Å².